The standard InChI is InChI=1S/C11H10ClNO3/c1-13-5-6(11(14)15)9-8(16-2)4-3-7(12)10(9)13/h3-5H,1-2H3,(H,14,15). The third-order valence-electron chi connectivity index (χ3n) is 2.49. The van der Waals surface area contributed by atoms with Crippen molar-refractivity contribution in [2.75, 3.05) is 7.11 Å². The minimum atomic E-state index is -0.994. The Labute approximate surface area is 97.0 Å². The molecule has 0 radical (unpaired) electrons. The molecule has 0 aliphatic carbocycles. The highest BCUT2D eigenvalue weighted by molar-refractivity contribution is 6.36. The third kappa shape index (κ3) is 1.42. The Bertz CT molecular complexity index is 574. The van der Waals surface area contributed by atoms with Crippen molar-refractivity contribution < 1.29 is 14.6 Å². The Morgan fingerprint density at radius 2 is 2.19 bits per heavy atom. The number of ether oxygens (including phenoxy) is 1. The zero-order valence-electron chi connectivity index (χ0n) is 8.82. The number of halogens is 1. The van der Waals surface area contributed by atoms with Gasteiger partial charge in [-0.15, -0.1) is 0 Å². The van der Waals surface area contributed by atoms with E-state index in [-0.39, 0.29) is 5.56 Å². The van der Waals surface area contributed by atoms with Crippen LogP contribution in [0.2, 0.25) is 5.02 Å². The number of rotatable bonds is 2. The fourth-order valence-electron chi connectivity index (χ4n) is 1.81. The molecule has 5 heteroatoms. The van der Waals surface area contributed by atoms with E-state index < -0.39 is 5.97 Å². The van der Waals surface area contributed by atoms with Crippen LogP contribution in [-0.2, 0) is 7.05 Å². The zero-order valence-corrected chi connectivity index (χ0v) is 9.58. The monoisotopic (exact) mass is 239 g/mol. The molecule has 0 bridgehead atoms. The minimum Gasteiger partial charge on any atom is -0.496 e. The van der Waals surface area contributed by atoms with E-state index in [0.717, 1.165) is 0 Å². The first-order chi connectivity index (χ1) is 7.56. The van der Waals surface area contributed by atoms with Gasteiger partial charge in [-0.25, -0.2) is 4.79 Å². The van der Waals surface area contributed by atoms with Gasteiger partial charge in [0.15, 0.2) is 0 Å². The van der Waals surface area contributed by atoms with Crippen LogP contribution >= 0.6 is 11.6 Å². The molecular formula is C11H10ClNO3. The summed E-state index contributed by atoms with van der Waals surface area (Å²) in [5.74, 6) is -0.483. The van der Waals surface area contributed by atoms with Crippen molar-refractivity contribution in [2.24, 2.45) is 7.05 Å². The molecule has 2 rings (SSSR count). The lowest BCUT2D eigenvalue weighted by Crippen LogP contribution is -1.95. The van der Waals surface area contributed by atoms with Crippen molar-refractivity contribution >= 4 is 28.5 Å². The lowest BCUT2D eigenvalue weighted by Gasteiger charge is -2.05. The number of methoxy groups -OCH3 is 1. The predicted octanol–water partition coefficient (Wildman–Crippen LogP) is 2.54. The Morgan fingerprint density at radius 1 is 1.50 bits per heavy atom. The molecule has 0 saturated carbocycles. The zero-order chi connectivity index (χ0) is 11.9. The topological polar surface area (TPSA) is 51.5 Å². The summed E-state index contributed by atoms with van der Waals surface area (Å²) in [7, 11) is 3.25. The van der Waals surface area contributed by atoms with Crippen molar-refractivity contribution in [1.82, 2.24) is 4.57 Å². The first kappa shape index (κ1) is 10.8. The smallest absolute Gasteiger partial charge is 0.338 e. The molecular weight excluding hydrogens is 230 g/mol. The summed E-state index contributed by atoms with van der Waals surface area (Å²) in [4.78, 5) is 11.1. The van der Waals surface area contributed by atoms with Crippen LogP contribution in [0.15, 0.2) is 18.3 Å². The third-order valence-corrected chi connectivity index (χ3v) is 2.79. The normalized spacial score (nSPS) is 10.7. The SMILES string of the molecule is COc1ccc(Cl)c2c1c(C(=O)O)cn2C. The van der Waals surface area contributed by atoms with Crippen molar-refractivity contribution in [3.63, 3.8) is 0 Å². The Hall–Kier alpha value is -1.68. The summed E-state index contributed by atoms with van der Waals surface area (Å²) >= 11 is 6.04. The molecule has 4 nitrogen and oxygen atoms in total. The van der Waals surface area contributed by atoms with Crippen LogP contribution in [0.5, 0.6) is 5.75 Å². The first-order valence-electron chi connectivity index (χ1n) is 4.61. The summed E-state index contributed by atoms with van der Waals surface area (Å²) in [5, 5.41) is 10.1. The molecule has 0 amide bonds. The summed E-state index contributed by atoms with van der Waals surface area (Å²) in [5.41, 5.74) is 0.857. The van der Waals surface area contributed by atoms with Crippen LogP contribution in [0.25, 0.3) is 10.9 Å². The highest BCUT2D eigenvalue weighted by Crippen LogP contribution is 2.34. The van der Waals surface area contributed by atoms with Crippen molar-refractivity contribution in [3.8, 4) is 5.75 Å². The van der Waals surface area contributed by atoms with Gasteiger partial charge in [0.1, 0.15) is 5.75 Å². The molecule has 16 heavy (non-hydrogen) atoms. The van der Waals surface area contributed by atoms with E-state index >= 15 is 0 Å². The molecule has 1 aromatic carbocycles. The van der Waals surface area contributed by atoms with E-state index in [4.69, 9.17) is 21.4 Å². The molecule has 0 fully saturated rings. The van der Waals surface area contributed by atoms with Crippen LogP contribution in [-0.4, -0.2) is 22.8 Å². The van der Waals surface area contributed by atoms with E-state index in [1.54, 1.807) is 23.7 Å². The van der Waals surface area contributed by atoms with Gasteiger partial charge in [0.25, 0.3) is 0 Å². The van der Waals surface area contributed by atoms with E-state index in [1.165, 1.54) is 13.3 Å². The fourth-order valence-corrected chi connectivity index (χ4v) is 2.10. The maximum absolute atomic E-state index is 11.1. The van der Waals surface area contributed by atoms with Crippen LogP contribution in [0.1, 0.15) is 10.4 Å². The van der Waals surface area contributed by atoms with Gasteiger partial charge < -0.3 is 14.4 Å². The largest absolute Gasteiger partial charge is 0.496 e. The number of carboxylic acids is 1. The quantitative estimate of drug-likeness (QED) is 0.876. The second-order valence-electron chi connectivity index (χ2n) is 3.43. The predicted molar refractivity (Wildman–Crippen MR) is 61.4 cm³/mol. The van der Waals surface area contributed by atoms with Gasteiger partial charge >= 0.3 is 5.97 Å². The van der Waals surface area contributed by atoms with E-state index in [2.05, 4.69) is 0 Å². The highest BCUT2D eigenvalue weighted by Gasteiger charge is 2.18. The van der Waals surface area contributed by atoms with E-state index in [1.807, 2.05) is 0 Å². The fraction of sp³-hybridized carbons (Fsp3) is 0.182. The van der Waals surface area contributed by atoms with Gasteiger partial charge in [-0.2, -0.15) is 0 Å². The second-order valence-corrected chi connectivity index (χ2v) is 3.84. The molecule has 1 heterocycles. The number of hydrogen-bond acceptors (Lipinski definition) is 2. The Kier molecular flexibility index (Phi) is 2.52. The lowest BCUT2D eigenvalue weighted by molar-refractivity contribution is 0.0698. The minimum absolute atomic E-state index is 0.192. The molecule has 0 spiro atoms. The van der Waals surface area contributed by atoms with Gasteiger partial charge in [0, 0.05) is 13.2 Å². The van der Waals surface area contributed by atoms with Crippen LogP contribution in [0.3, 0.4) is 0 Å². The van der Waals surface area contributed by atoms with Crippen LogP contribution in [0, 0.1) is 0 Å². The Morgan fingerprint density at radius 3 is 2.75 bits per heavy atom. The average molecular weight is 240 g/mol. The molecule has 0 saturated heterocycles. The van der Waals surface area contributed by atoms with Gasteiger partial charge in [0.2, 0.25) is 0 Å². The summed E-state index contributed by atoms with van der Waals surface area (Å²) < 4.78 is 6.84. The maximum Gasteiger partial charge on any atom is 0.338 e. The van der Waals surface area contributed by atoms with Gasteiger partial charge in [-0.1, -0.05) is 11.6 Å². The summed E-state index contributed by atoms with van der Waals surface area (Å²) in [6.45, 7) is 0. The number of fused-ring (bicyclic) bond motifs is 1. The van der Waals surface area contributed by atoms with E-state index in [9.17, 15) is 4.79 Å². The van der Waals surface area contributed by atoms with Crippen molar-refractivity contribution in [2.45, 2.75) is 0 Å². The van der Waals surface area contributed by atoms with Crippen LogP contribution in [0.4, 0.5) is 0 Å². The lowest BCUT2D eigenvalue weighted by atomic mass is 10.1. The summed E-state index contributed by atoms with van der Waals surface area (Å²) in [6, 6.07) is 3.35. The number of aromatic carboxylic acids is 1. The average Bonchev–Trinajstić information content (AvgIpc) is 2.58. The molecule has 1 N–H and O–H groups in total. The van der Waals surface area contributed by atoms with Gasteiger partial charge in [-0.05, 0) is 12.1 Å². The number of hydrogen-bond donors (Lipinski definition) is 1. The highest BCUT2D eigenvalue weighted by atomic mass is 35.5. The Balaban J connectivity index is 2.95. The molecule has 84 valence electrons. The maximum atomic E-state index is 11.1. The number of aromatic nitrogens is 1. The molecule has 1 aromatic heterocycles. The molecule has 0 aliphatic rings. The summed E-state index contributed by atoms with van der Waals surface area (Å²) in [6.07, 6.45) is 1.53. The number of nitrogens with zero attached hydrogens (tertiary/aromatic N) is 1. The molecule has 0 aliphatic heterocycles. The van der Waals surface area contributed by atoms with Crippen molar-refractivity contribution in [3.05, 3.63) is 28.9 Å². The number of carboxylic acid groups (broad SMARTS) is 1. The second kappa shape index (κ2) is 3.72. The molecule has 2 aromatic rings. The number of carbonyl (C=O) groups is 1. The first-order valence-corrected chi connectivity index (χ1v) is 4.99. The van der Waals surface area contributed by atoms with E-state index in [0.29, 0.717) is 21.7 Å². The number of aryl methyl sites for hydroxylation is 1. The van der Waals surface area contributed by atoms with Crippen molar-refractivity contribution in [1.29, 1.82) is 0 Å². The molecule has 0 atom stereocenters. The van der Waals surface area contributed by atoms with Gasteiger partial charge in [0.05, 0.1) is 28.6 Å². The molecule has 0 unspecified atom stereocenters. The van der Waals surface area contributed by atoms with Crippen LogP contribution < -0.4 is 4.74 Å². The number of benzene rings is 1. The van der Waals surface area contributed by atoms with Gasteiger partial charge in [-0.3, -0.25) is 0 Å².